The highest BCUT2D eigenvalue weighted by Crippen LogP contribution is 2.44. The number of fused-ring (bicyclic) bond motifs is 3. The quantitative estimate of drug-likeness (QED) is 0.0701. The Bertz CT molecular complexity index is 1470. The molecule has 0 aliphatic heterocycles. The number of ether oxygens (including phenoxy) is 13. The maximum atomic E-state index is 12.6. The van der Waals surface area contributed by atoms with Gasteiger partial charge in [-0.15, -0.1) is 0 Å². The first kappa shape index (κ1) is 49.9. The molecular formula is C46H67NO14. The van der Waals surface area contributed by atoms with Crippen LogP contribution in [-0.4, -0.2) is 183 Å². The van der Waals surface area contributed by atoms with Gasteiger partial charge in [-0.05, 0) is 34.4 Å². The van der Waals surface area contributed by atoms with Crippen molar-refractivity contribution < 1.29 is 66.4 Å². The Morgan fingerprint density at radius 1 is 0.410 bits per heavy atom. The number of rotatable bonds is 39. The summed E-state index contributed by atoms with van der Waals surface area (Å²) in [6, 6.07) is 26.2. The Labute approximate surface area is 361 Å². The van der Waals surface area contributed by atoms with Crippen LogP contribution in [0.4, 0.5) is 4.79 Å². The van der Waals surface area contributed by atoms with Crippen LogP contribution in [0.15, 0.2) is 78.9 Å². The van der Waals surface area contributed by atoms with E-state index in [9.17, 15) is 4.79 Å². The van der Waals surface area contributed by atoms with Crippen molar-refractivity contribution in [2.45, 2.75) is 5.92 Å². The molecule has 0 aromatic heterocycles. The summed E-state index contributed by atoms with van der Waals surface area (Å²) in [4.78, 5) is 14.2. The van der Waals surface area contributed by atoms with Gasteiger partial charge >= 0.3 is 6.09 Å². The van der Waals surface area contributed by atoms with Crippen LogP contribution in [0, 0.1) is 0 Å². The van der Waals surface area contributed by atoms with Gasteiger partial charge in [-0.2, -0.15) is 0 Å². The molecule has 3 aromatic carbocycles. The lowest BCUT2D eigenvalue weighted by Gasteiger charge is -2.19. The zero-order valence-electron chi connectivity index (χ0n) is 35.9. The second kappa shape index (κ2) is 33.9. The minimum absolute atomic E-state index is 0.0360. The molecule has 0 spiro atoms. The normalized spacial score (nSPS) is 12.1. The predicted octanol–water partition coefficient (Wildman–Crippen LogP) is 5.13. The molecular weight excluding hydrogens is 790 g/mol. The fourth-order valence-corrected chi connectivity index (χ4v) is 6.03. The first-order valence-corrected chi connectivity index (χ1v) is 21.3. The summed E-state index contributed by atoms with van der Waals surface area (Å²) < 4.78 is 72.0. The van der Waals surface area contributed by atoms with E-state index in [1.165, 1.54) is 27.2 Å². The number of carbonyl (C=O) groups is 1. The third-order valence-corrected chi connectivity index (χ3v) is 9.18. The van der Waals surface area contributed by atoms with Crippen molar-refractivity contribution in [3.63, 3.8) is 0 Å². The molecule has 0 fully saturated rings. The molecule has 4 rings (SSSR count). The largest absolute Gasteiger partial charge is 0.491 e. The molecule has 15 nitrogen and oxygen atoms in total. The van der Waals surface area contributed by atoms with E-state index in [1.54, 1.807) is 7.05 Å². The van der Waals surface area contributed by atoms with Gasteiger partial charge in [0, 0.05) is 19.5 Å². The van der Waals surface area contributed by atoms with Crippen molar-refractivity contribution in [1.82, 2.24) is 4.90 Å². The molecule has 0 radical (unpaired) electrons. The summed E-state index contributed by atoms with van der Waals surface area (Å²) in [6.45, 7) is 11.9. The Kier molecular flexibility index (Phi) is 27.7. The van der Waals surface area contributed by atoms with E-state index in [0.29, 0.717) is 165 Å². The predicted molar refractivity (Wildman–Crippen MR) is 229 cm³/mol. The monoisotopic (exact) mass is 857 g/mol. The number of hydrogen-bond acceptors (Lipinski definition) is 14. The summed E-state index contributed by atoms with van der Waals surface area (Å²) in [7, 11) is 1.71. The molecule has 0 bridgehead atoms. The first-order valence-electron chi connectivity index (χ1n) is 21.3. The van der Waals surface area contributed by atoms with E-state index in [0.717, 1.165) is 5.75 Å². The molecule has 1 amide bonds. The number of benzene rings is 3. The Morgan fingerprint density at radius 2 is 0.721 bits per heavy atom. The van der Waals surface area contributed by atoms with Gasteiger partial charge in [0.05, 0.1) is 145 Å². The van der Waals surface area contributed by atoms with Gasteiger partial charge in [0.25, 0.3) is 0 Å². The van der Waals surface area contributed by atoms with Crippen molar-refractivity contribution in [1.29, 1.82) is 0 Å². The van der Waals surface area contributed by atoms with Crippen LogP contribution in [-0.2, 0) is 56.8 Å². The van der Waals surface area contributed by atoms with E-state index in [4.69, 9.17) is 61.6 Å². The molecule has 0 heterocycles. The lowest BCUT2D eigenvalue weighted by molar-refractivity contribution is -0.0278. The van der Waals surface area contributed by atoms with Gasteiger partial charge in [-0.25, -0.2) is 4.79 Å². The van der Waals surface area contributed by atoms with Crippen molar-refractivity contribution in [3.05, 3.63) is 90.0 Å². The van der Waals surface area contributed by atoms with Gasteiger partial charge in [0.15, 0.2) is 0 Å². The highest BCUT2D eigenvalue weighted by atomic mass is 16.6. The topological polar surface area (TPSA) is 140 Å². The maximum Gasteiger partial charge on any atom is 0.409 e. The number of nitrogens with zero attached hydrogens (tertiary/aromatic N) is 1. The molecule has 15 heteroatoms. The molecule has 0 N–H and O–H groups in total. The third kappa shape index (κ3) is 22.3. The van der Waals surface area contributed by atoms with E-state index in [1.807, 2.05) is 54.6 Å². The van der Waals surface area contributed by atoms with Crippen LogP contribution < -0.4 is 4.74 Å². The van der Waals surface area contributed by atoms with Crippen molar-refractivity contribution in [2.24, 2.45) is 0 Å². The number of hydrogen-bond donors (Lipinski definition) is 0. The standard InChI is InChI=1S/C46H67NO14/c1-47(46(48)61-39-45-43-13-7-5-11-41(43)42-12-6-8-14-44(42)45)15-16-49-17-18-50-19-20-51-21-22-52-23-24-53-25-26-54-27-28-55-29-30-56-31-32-57-33-34-58-35-36-59-37-38-60-40-9-3-2-4-10-40/h2-14,45H,15-39H2,1H3. The molecule has 61 heavy (non-hydrogen) atoms. The van der Waals surface area contributed by atoms with Gasteiger partial charge in [-0.3, -0.25) is 0 Å². The Hall–Kier alpha value is -3.71. The molecule has 3 aromatic rings. The first-order chi connectivity index (χ1) is 30.2. The van der Waals surface area contributed by atoms with Crippen LogP contribution in [0.25, 0.3) is 11.1 Å². The number of amides is 1. The Morgan fingerprint density at radius 3 is 1.10 bits per heavy atom. The second-order valence-electron chi connectivity index (χ2n) is 13.6. The average Bonchev–Trinajstić information content (AvgIpc) is 3.61. The zero-order chi connectivity index (χ0) is 42.7. The van der Waals surface area contributed by atoms with E-state index in [2.05, 4.69) is 24.3 Å². The van der Waals surface area contributed by atoms with Crippen LogP contribution in [0.2, 0.25) is 0 Å². The molecule has 1 aliphatic carbocycles. The summed E-state index contributed by atoms with van der Waals surface area (Å²) in [5.41, 5.74) is 4.79. The van der Waals surface area contributed by atoms with E-state index in [-0.39, 0.29) is 12.0 Å². The van der Waals surface area contributed by atoms with Crippen LogP contribution in [0.5, 0.6) is 5.75 Å². The minimum Gasteiger partial charge on any atom is -0.491 e. The summed E-state index contributed by atoms with van der Waals surface area (Å²) in [5.74, 6) is 0.876. The van der Waals surface area contributed by atoms with Crippen molar-refractivity contribution in [3.8, 4) is 16.9 Å². The van der Waals surface area contributed by atoms with E-state index >= 15 is 0 Å². The number of carbonyl (C=O) groups excluding carboxylic acids is 1. The lowest BCUT2D eigenvalue weighted by atomic mass is 9.98. The smallest absolute Gasteiger partial charge is 0.409 e. The Balaban J connectivity index is 0.777. The zero-order valence-corrected chi connectivity index (χ0v) is 35.9. The van der Waals surface area contributed by atoms with Crippen molar-refractivity contribution in [2.75, 3.05) is 172 Å². The average molecular weight is 858 g/mol. The highest BCUT2D eigenvalue weighted by Gasteiger charge is 2.29. The lowest BCUT2D eigenvalue weighted by Crippen LogP contribution is -2.32. The van der Waals surface area contributed by atoms with Gasteiger partial charge in [0.1, 0.15) is 19.0 Å². The van der Waals surface area contributed by atoms with E-state index < -0.39 is 0 Å². The summed E-state index contributed by atoms with van der Waals surface area (Å²) >= 11 is 0. The summed E-state index contributed by atoms with van der Waals surface area (Å²) in [5, 5.41) is 0. The molecule has 0 saturated carbocycles. The molecule has 0 atom stereocenters. The maximum absolute atomic E-state index is 12.6. The van der Waals surface area contributed by atoms with Crippen LogP contribution >= 0.6 is 0 Å². The van der Waals surface area contributed by atoms with Crippen molar-refractivity contribution >= 4 is 6.09 Å². The number of likely N-dealkylation sites (N-methyl/N-ethyl adjacent to an activating group) is 1. The van der Waals surface area contributed by atoms with Gasteiger partial charge in [-0.1, -0.05) is 66.7 Å². The van der Waals surface area contributed by atoms with Crippen LogP contribution in [0.1, 0.15) is 17.0 Å². The SMILES string of the molecule is CN(CCOCCOCCOCCOCCOCCOCCOCCOCCOCCOCCOCCOc1ccccc1)C(=O)OCC1c2ccccc2-c2ccccc21. The minimum atomic E-state index is -0.366. The summed E-state index contributed by atoms with van der Waals surface area (Å²) in [6.07, 6.45) is -0.366. The molecule has 1 aliphatic rings. The van der Waals surface area contributed by atoms with Crippen LogP contribution in [0.3, 0.4) is 0 Å². The fourth-order valence-electron chi connectivity index (χ4n) is 6.03. The molecule has 340 valence electrons. The highest BCUT2D eigenvalue weighted by molar-refractivity contribution is 5.79. The van der Waals surface area contributed by atoms with Gasteiger partial charge < -0.3 is 66.5 Å². The molecule has 0 saturated heterocycles. The second-order valence-corrected chi connectivity index (χ2v) is 13.6. The number of para-hydroxylation sites is 1. The fraction of sp³-hybridized carbons (Fsp3) is 0.587. The third-order valence-electron chi connectivity index (χ3n) is 9.18. The molecule has 0 unspecified atom stereocenters. The van der Waals surface area contributed by atoms with Gasteiger partial charge in [0.2, 0.25) is 0 Å².